The highest BCUT2D eigenvalue weighted by molar-refractivity contribution is 5.31. The first-order valence-corrected chi connectivity index (χ1v) is 11.1. The van der Waals surface area contributed by atoms with Gasteiger partial charge in [0.2, 0.25) is 0 Å². The standard InChI is InChI=1S/C22H36N2O6/c25-17(11-23-13-21-3-1-9-27-21)15-29-19-5-7-20(8-6-19)30-16-18(26)12-24-14-22-4-2-10-28-22/h5-8,17-18,21-26H,1-4,9-16H2/t17-,18-,21-,22-/m0/s1. The molecule has 2 fully saturated rings. The molecular formula is C22H36N2O6. The molecule has 2 aliphatic heterocycles. The van der Waals surface area contributed by atoms with Crippen molar-refractivity contribution < 1.29 is 29.2 Å². The summed E-state index contributed by atoms with van der Waals surface area (Å²) in [5.41, 5.74) is 0. The monoisotopic (exact) mass is 424 g/mol. The second-order valence-electron chi connectivity index (χ2n) is 7.99. The first-order chi connectivity index (χ1) is 14.7. The van der Waals surface area contributed by atoms with E-state index in [1.54, 1.807) is 24.3 Å². The zero-order valence-corrected chi connectivity index (χ0v) is 17.6. The van der Waals surface area contributed by atoms with Crippen molar-refractivity contribution in [2.75, 3.05) is 52.6 Å². The number of rotatable bonds is 14. The van der Waals surface area contributed by atoms with E-state index in [-0.39, 0.29) is 25.4 Å². The van der Waals surface area contributed by atoms with Gasteiger partial charge in [0.05, 0.1) is 12.2 Å². The quantitative estimate of drug-likeness (QED) is 0.346. The van der Waals surface area contributed by atoms with Gasteiger partial charge in [0.1, 0.15) is 36.9 Å². The van der Waals surface area contributed by atoms with E-state index >= 15 is 0 Å². The molecular weight excluding hydrogens is 388 g/mol. The third-order valence-corrected chi connectivity index (χ3v) is 5.26. The molecule has 0 amide bonds. The molecule has 3 rings (SSSR count). The third-order valence-electron chi connectivity index (χ3n) is 5.26. The number of hydrogen-bond donors (Lipinski definition) is 4. The first kappa shape index (κ1) is 23.2. The summed E-state index contributed by atoms with van der Waals surface area (Å²) in [4.78, 5) is 0. The molecule has 0 aromatic heterocycles. The molecule has 8 nitrogen and oxygen atoms in total. The van der Waals surface area contributed by atoms with Gasteiger partial charge in [0.25, 0.3) is 0 Å². The largest absolute Gasteiger partial charge is 0.491 e. The highest BCUT2D eigenvalue weighted by Gasteiger charge is 2.16. The van der Waals surface area contributed by atoms with Gasteiger partial charge in [-0.25, -0.2) is 0 Å². The SMILES string of the molecule is O[C@@H](CNC[C@@H]1CCCO1)COc1ccc(OC[C@@H](O)CNC[C@@H]2CCCO2)cc1. The highest BCUT2D eigenvalue weighted by Crippen LogP contribution is 2.18. The van der Waals surface area contributed by atoms with Crippen LogP contribution < -0.4 is 20.1 Å². The Morgan fingerprint density at radius 1 is 0.800 bits per heavy atom. The molecule has 2 aliphatic rings. The normalized spacial score (nSPS) is 23.4. The Balaban J connectivity index is 1.23. The van der Waals surface area contributed by atoms with E-state index < -0.39 is 12.2 Å². The van der Waals surface area contributed by atoms with Crippen LogP contribution in [0.4, 0.5) is 0 Å². The fraction of sp³-hybridized carbons (Fsp3) is 0.727. The van der Waals surface area contributed by atoms with E-state index in [1.807, 2.05) is 0 Å². The lowest BCUT2D eigenvalue weighted by atomic mass is 10.2. The van der Waals surface area contributed by atoms with E-state index in [9.17, 15) is 10.2 Å². The maximum atomic E-state index is 10.0. The van der Waals surface area contributed by atoms with Crippen molar-refractivity contribution in [3.8, 4) is 11.5 Å². The summed E-state index contributed by atoms with van der Waals surface area (Å²) in [6.45, 7) is 4.58. The van der Waals surface area contributed by atoms with Gasteiger partial charge in [-0.3, -0.25) is 0 Å². The molecule has 4 N–H and O–H groups in total. The summed E-state index contributed by atoms with van der Waals surface area (Å²) in [6.07, 6.45) is 3.75. The molecule has 4 atom stereocenters. The van der Waals surface area contributed by atoms with Crippen LogP contribution in [0.25, 0.3) is 0 Å². The van der Waals surface area contributed by atoms with Gasteiger partial charge in [-0.2, -0.15) is 0 Å². The predicted molar refractivity (Wildman–Crippen MR) is 113 cm³/mol. The van der Waals surface area contributed by atoms with Crippen LogP contribution in [-0.2, 0) is 9.47 Å². The van der Waals surface area contributed by atoms with Crippen LogP contribution in [0.3, 0.4) is 0 Å². The number of nitrogens with one attached hydrogen (secondary N) is 2. The molecule has 0 saturated carbocycles. The van der Waals surface area contributed by atoms with Gasteiger partial charge in [-0.1, -0.05) is 0 Å². The van der Waals surface area contributed by atoms with Crippen molar-refractivity contribution in [1.82, 2.24) is 10.6 Å². The van der Waals surface area contributed by atoms with Crippen molar-refractivity contribution >= 4 is 0 Å². The molecule has 0 aliphatic carbocycles. The Hall–Kier alpha value is -1.42. The molecule has 2 saturated heterocycles. The first-order valence-electron chi connectivity index (χ1n) is 11.1. The van der Waals surface area contributed by atoms with Crippen molar-refractivity contribution in [2.24, 2.45) is 0 Å². The Bertz CT molecular complexity index is 524. The van der Waals surface area contributed by atoms with Gasteiger partial charge in [0, 0.05) is 39.4 Å². The summed E-state index contributed by atoms with van der Waals surface area (Å²) in [5, 5.41) is 26.5. The van der Waals surface area contributed by atoms with E-state index in [1.165, 1.54) is 0 Å². The van der Waals surface area contributed by atoms with Crippen LogP contribution in [0.1, 0.15) is 25.7 Å². The molecule has 1 aromatic rings. The topological polar surface area (TPSA) is 101 Å². The van der Waals surface area contributed by atoms with Crippen LogP contribution in [-0.4, -0.2) is 87.2 Å². The van der Waals surface area contributed by atoms with Gasteiger partial charge in [0.15, 0.2) is 0 Å². The minimum atomic E-state index is -0.584. The number of benzene rings is 1. The van der Waals surface area contributed by atoms with Crippen molar-refractivity contribution in [1.29, 1.82) is 0 Å². The molecule has 0 bridgehead atoms. The predicted octanol–water partition coefficient (Wildman–Crippen LogP) is 0.703. The van der Waals surface area contributed by atoms with Crippen LogP contribution >= 0.6 is 0 Å². The zero-order valence-electron chi connectivity index (χ0n) is 17.6. The summed E-state index contributed by atoms with van der Waals surface area (Å²) < 4.78 is 22.3. The summed E-state index contributed by atoms with van der Waals surface area (Å²) in [5.74, 6) is 1.33. The lowest BCUT2D eigenvalue weighted by Crippen LogP contribution is -2.35. The highest BCUT2D eigenvalue weighted by atomic mass is 16.5. The molecule has 8 heteroatoms. The second-order valence-corrected chi connectivity index (χ2v) is 7.99. The fourth-order valence-corrected chi connectivity index (χ4v) is 3.57. The Morgan fingerprint density at radius 3 is 1.60 bits per heavy atom. The maximum absolute atomic E-state index is 10.0. The minimum Gasteiger partial charge on any atom is -0.491 e. The molecule has 0 radical (unpaired) electrons. The minimum absolute atomic E-state index is 0.216. The van der Waals surface area contributed by atoms with Crippen LogP contribution in [0.5, 0.6) is 11.5 Å². The Kier molecular flexibility index (Phi) is 10.1. The average Bonchev–Trinajstić information content (AvgIpc) is 3.46. The molecule has 0 unspecified atom stereocenters. The molecule has 0 spiro atoms. The van der Waals surface area contributed by atoms with Crippen molar-refractivity contribution in [3.63, 3.8) is 0 Å². The van der Waals surface area contributed by atoms with E-state index in [4.69, 9.17) is 18.9 Å². The van der Waals surface area contributed by atoms with Gasteiger partial charge in [-0.15, -0.1) is 0 Å². The lowest BCUT2D eigenvalue weighted by molar-refractivity contribution is 0.0870. The van der Waals surface area contributed by atoms with E-state index in [0.29, 0.717) is 24.6 Å². The van der Waals surface area contributed by atoms with Crippen molar-refractivity contribution in [2.45, 2.75) is 50.1 Å². The number of aliphatic hydroxyl groups is 2. The van der Waals surface area contributed by atoms with E-state index in [0.717, 1.165) is 52.0 Å². The van der Waals surface area contributed by atoms with E-state index in [2.05, 4.69) is 10.6 Å². The lowest BCUT2D eigenvalue weighted by Gasteiger charge is -2.16. The number of ether oxygens (including phenoxy) is 4. The van der Waals surface area contributed by atoms with Crippen molar-refractivity contribution in [3.05, 3.63) is 24.3 Å². The van der Waals surface area contributed by atoms with Gasteiger partial charge in [-0.05, 0) is 49.9 Å². The van der Waals surface area contributed by atoms with Gasteiger partial charge >= 0.3 is 0 Å². The summed E-state index contributed by atoms with van der Waals surface area (Å²) >= 11 is 0. The zero-order chi connectivity index (χ0) is 21.0. The fourth-order valence-electron chi connectivity index (χ4n) is 3.57. The molecule has 2 heterocycles. The summed E-state index contributed by atoms with van der Waals surface area (Å²) in [7, 11) is 0. The third kappa shape index (κ3) is 8.75. The molecule has 1 aromatic carbocycles. The Labute approximate surface area is 178 Å². The molecule has 170 valence electrons. The second kappa shape index (κ2) is 13.1. The summed E-state index contributed by atoms with van der Waals surface area (Å²) in [6, 6.07) is 7.18. The number of hydrogen-bond acceptors (Lipinski definition) is 8. The van der Waals surface area contributed by atoms with Crippen LogP contribution in [0, 0.1) is 0 Å². The molecule has 30 heavy (non-hydrogen) atoms. The maximum Gasteiger partial charge on any atom is 0.119 e. The van der Waals surface area contributed by atoms with Crippen LogP contribution in [0.2, 0.25) is 0 Å². The number of aliphatic hydroxyl groups excluding tert-OH is 2. The smallest absolute Gasteiger partial charge is 0.119 e. The Morgan fingerprint density at radius 2 is 1.23 bits per heavy atom. The average molecular weight is 425 g/mol. The van der Waals surface area contributed by atoms with Crippen LogP contribution in [0.15, 0.2) is 24.3 Å². The van der Waals surface area contributed by atoms with Gasteiger partial charge < -0.3 is 39.8 Å².